The SMILES string of the molecule is CC(=O)O.Cc1c(C)c2c(c(C)c1O)CC[C@@](C)(CCCC(C)CCCC(C)CCCC(C)C)O2.O=C(O)CCC(=O)O. The van der Waals surface area contributed by atoms with Crippen molar-refractivity contribution in [3.8, 4) is 11.5 Å². The van der Waals surface area contributed by atoms with E-state index in [1.807, 2.05) is 13.8 Å². The van der Waals surface area contributed by atoms with Gasteiger partial charge in [-0.1, -0.05) is 72.6 Å². The molecule has 0 aromatic heterocycles. The summed E-state index contributed by atoms with van der Waals surface area (Å²) in [6, 6.07) is 0. The summed E-state index contributed by atoms with van der Waals surface area (Å²) in [4.78, 5) is 28.3. The number of phenols is 1. The first-order valence-electron chi connectivity index (χ1n) is 16.0. The van der Waals surface area contributed by atoms with E-state index in [0.717, 1.165) is 66.4 Å². The lowest BCUT2D eigenvalue weighted by Gasteiger charge is -2.38. The van der Waals surface area contributed by atoms with Gasteiger partial charge in [-0.15, -0.1) is 0 Å². The van der Waals surface area contributed by atoms with Gasteiger partial charge in [0.2, 0.25) is 0 Å². The molecule has 2 unspecified atom stereocenters. The molecule has 0 amide bonds. The Kier molecular flexibility index (Phi) is 18.9. The zero-order valence-electron chi connectivity index (χ0n) is 28.3. The van der Waals surface area contributed by atoms with Crippen LogP contribution in [0.3, 0.4) is 0 Å². The van der Waals surface area contributed by atoms with E-state index in [9.17, 15) is 14.7 Å². The van der Waals surface area contributed by atoms with Gasteiger partial charge in [-0.25, -0.2) is 0 Å². The summed E-state index contributed by atoms with van der Waals surface area (Å²) in [6.07, 6.45) is 13.5. The molecule has 0 fully saturated rings. The molecule has 248 valence electrons. The third-order valence-electron chi connectivity index (χ3n) is 8.42. The van der Waals surface area contributed by atoms with Gasteiger partial charge >= 0.3 is 11.9 Å². The first-order chi connectivity index (χ1) is 19.9. The lowest BCUT2D eigenvalue weighted by Crippen LogP contribution is -2.37. The molecule has 1 aliphatic rings. The van der Waals surface area contributed by atoms with E-state index in [4.69, 9.17) is 24.9 Å². The number of carbonyl (C=O) groups is 3. The van der Waals surface area contributed by atoms with Gasteiger partial charge in [0.25, 0.3) is 5.97 Å². The van der Waals surface area contributed by atoms with Crippen LogP contribution in [0.5, 0.6) is 11.5 Å². The van der Waals surface area contributed by atoms with E-state index in [1.165, 1.54) is 56.9 Å². The summed E-state index contributed by atoms with van der Waals surface area (Å²) in [5.74, 6) is 1.05. The topological polar surface area (TPSA) is 141 Å². The maximum Gasteiger partial charge on any atom is 0.303 e. The van der Waals surface area contributed by atoms with Crippen LogP contribution in [0.15, 0.2) is 0 Å². The Bertz CT molecular complexity index is 998. The highest BCUT2D eigenvalue weighted by Crippen LogP contribution is 2.44. The van der Waals surface area contributed by atoms with Gasteiger partial charge < -0.3 is 25.2 Å². The number of carboxylic acid groups (broad SMARTS) is 3. The molecule has 1 heterocycles. The molecular weight excluding hydrogens is 548 g/mol. The highest BCUT2D eigenvalue weighted by molar-refractivity contribution is 5.75. The smallest absolute Gasteiger partial charge is 0.303 e. The minimum absolute atomic E-state index is 0.0712. The molecule has 43 heavy (non-hydrogen) atoms. The van der Waals surface area contributed by atoms with Crippen LogP contribution >= 0.6 is 0 Å². The molecule has 1 aromatic carbocycles. The van der Waals surface area contributed by atoms with E-state index in [-0.39, 0.29) is 18.4 Å². The largest absolute Gasteiger partial charge is 0.507 e. The standard InChI is InChI=1S/C29H50O2.C4H6O4.C2H4O2/c1-20(2)12-9-13-21(3)14-10-15-22(4)16-11-18-29(8)19-17-26-25(7)27(30)23(5)24(6)28(26)31-29;5-3(6)1-2-4(7)8;1-2(3)4/h20-22,30H,9-19H2,1-8H3;1-2H2,(H,5,6)(H,7,8);1H3,(H,3,4)/t21?,22?,29-;;/m1../s1. The Hall–Kier alpha value is -2.77. The fourth-order valence-corrected chi connectivity index (χ4v) is 5.49. The second-order valence-corrected chi connectivity index (χ2v) is 13.2. The van der Waals surface area contributed by atoms with E-state index in [1.54, 1.807) is 0 Å². The van der Waals surface area contributed by atoms with Gasteiger partial charge in [0.1, 0.15) is 17.1 Å². The van der Waals surface area contributed by atoms with Crippen LogP contribution in [0.1, 0.15) is 141 Å². The first kappa shape index (κ1) is 40.2. The molecule has 2 rings (SSSR count). The normalized spacial score (nSPS) is 16.9. The molecule has 0 saturated carbocycles. The highest BCUT2D eigenvalue weighted by atomic mass is 16.5. The number of rotatable bonds is 15. The number of ether oxygens (including phenoxy) is 1. The van der Waals surface area contributed by atoms with Gasteiger partial charge in [0.15, 0.2) is 0 Å². The summed E-state index contributed by atoms with van der Waals surface area (Å²) in [5, 5.41) is 33.6. The Morgan fingerprint density at radius 1 is 0.767 bits per heavy atom. The van der Waals surface area contributed by atoms with Crippen LogP contribution in [-0.4, -0.2) is 43.9 Å². The van der Waals surface area contributed by atoms with Crippen LogP contribution in [-0.2, 0) is 20.8 Å². The monoisotopic (exact) mass is 608 g/mol. The lowest BCUT2D eigenvalue weighted by atomic mass is 9.84. The quantitative estimate of drug-likeness (QED) is 0.155. The number of benzene rings is 1. The maximum atomic E-state index is 10.4. The minimum Gasteiger partial charge on any atom is -0.507 e. The van der Waals surface area contributed by atoms with Gasteiger partial charge in [-0.2, -0.15) is 0 Å². The molecule has 0 aliphatic carbocycles. The average molecular weight is 609 g/mol. The molecule has 1 aliphatic heterocycles. The highest BCUT2D eigenvalue weighted by Gasteiger charge is 2.34. The van der Waals surface area contributed by atoms with Gasteiger partial charge in [0, 0.05) is 12.5 Å². The van der Waals surface area contributed by atoms with Crippen molar-refractivity contribution in [2.75, 3.05) is 0 Å². The van der Waals surface area contributed by atoms with Crippen LogP contribution in [0, 0.1) is 38.5 Å². The third kappa shape index (κ3) is 17.2. The van der Waals surface area contributed by atoms with Gasteiger partial charge in [-0.05, 0) is 87.8 Å². The first-order valence-corrected chi connectivity index (χ1v) is 16.0. The van der Waals surface area contributed by atoms with E-state index in [2.05, 4.69) is 41.5 Å². The summed E-state index contributed by atoms with van der Waals surface area (Å²) >= 11 is 0. The molecule has 0 spiro atoms. The zero-order valence-corrected chi connectivity index (χ0v) is 28.3. The number of hydrogen-bond donors (Lipinski definition) is 4. The number of fused-ring (bicyclic) bond motifs is 1. The maximum absolute atomic E-state index is 10.4. The molecule has 0 radical (unpaired) electrons. The predicted octanol–water partition coefficient (Wildman–Crippen LogP) is 8.87. The van der Waals surface area contributed by atoms with Crippen molar-refractivity contribution in [3.63, 3.8) is 0 Å². The summed E-state index contributed by atoms with van der Waals surface area (Å²) in [7, 11) is 0. The third-order valence-corrected chi connectivity index (χ3v) is 8.42. The van der Waals surface area contributed by atoms with Crippen LogP contribution < -0.4 is 4.74 Å². The number of aromatic hydroxyl groups is 1. The molecule has 8 nitrogen and oxygen atoms in total. The minimum atomic E-state index is -1.08. The number of carboxylic acids is 3. The number of phenolic OH excluding ortho intramolecular Hbond substituents is 1. The van der Waals surface area contributed by atoms with E-state index < -0.39 is 17.9 Å². The van der Waals surface area contributed by atoms with Crippen LogP contribution in [0.25, 0.3) is 0 Å². The number of aliphatic carboxylic acids is 3. The van der Waals surface area contributed by atoms with Gasteiger partial charge in [-0.3, -0.25) is 14.4 Å². The summed E-state index contributed by atoms with van der Waals surface area (Å²) < 4.78 is 6.60. The van der Waals surface area contributed by atoms with Crippen LogP contribution in [0.4, 0.5) is 0 Å². The number of hydrogen-bond acceptors (Lipinski definition) is 5. The van der Waals surface area contributed by atoms with Crippen molar-refractivity contribution in [3.05, 3.63) is 22.3 Å². The van der Waals surface area contributed by atoms with Crippen molar-refractivity contribution in [2.24, 2.45) is 17.8 Å². The van der Waals surface area contributed by atoms with Crippen LogP contribution in [0.2, 0.25) is 0 Å². The zero-order chi connectivity index (χ0) is 33.3. The average Bonchev–Trinajstić information content (AvgIpc) is 2.89. The molecule has 0 bridgehead atoms. The second-order valence-electron chi connectivity index (χ2n) is 13.2. The van der Waals surface area contributed by atoms with Crippen molar-refractivity contribution in [1.82, 2.24) is 0 Å². The lowest BCUT2D eigenvalue weighted by molar-refractivity contribution is -0.143. The van der Waals surface area contributed by atoms with Crippen molar-refractivity contribution in [1.29, 1.82) is 0 Å². The predicted molar refractivity (Wildman–Crippen MR) is 172 cm³/mol. The van der Waals surface area contributed by atoms with Crippen molar-refractivity contribution < 1.29 is 39.5 Å². The fraction of sp³-hybridized carbons (Fsp3) is 0.743. The molecule has 0 saturated heterocycles. The van der Waals surface area contributed by atoms with E-state index >= 15 is 0 Å². The Morgan fingerprint density at radius 3 is 1.65 bits per heavy atom. The van der Waals surface area contributed by atoms with Crippen molar-refractivity contribution in [2.45, 2.75) is 151 Å². The fourth-order valence-electron chi connectivity index (χ4n) is 5.49. The molecule has 3 atom stereocenters. The molecule has 8 heteroatoms. The molecule has 1 aromatic rings. The second kappa shape index (κ2) is 20.2. The molecule has 4 N–H and O–H groups in total. The van der Waals surface area contributed by atoms with Gasteiger partial charge in [0.05, 0.1) is 12.8 Å². The summed E-state index contributed by atoms with van der Waals surface area (Å²) in [5.41, 5.74) is 4.23. The van der Waals surface area contributed by atoms with E-state index in [0.29, 0.717) is 5.75 Å². The van der Waals surface area contributed by atoms with Crippen molar-refractivity contribution >= 4 is 17.9 Å². The Morgan fingerprint density at radius 2 is 1.21 bits per heavy atom. The Balaban J connectivity index is 0.00000124. The summed E-state index contributed by atoms with van der Waals surface area (Å²) in [6.45, 7) is 19.0. The Labute approximate surface area is 260 Å². The molecular formula is C35H60O8.